The highest BCUT2D eigenvalue weighted by molar-refractivity contribution is 5.24. The molecular weight excluding hydrogens is 222 g/mol. The molecule has 94 valence electrons. The van der Waals surface area contributed by atoms with Crippen molar-refractivity contribution in [1.29, 1.82) is 0 Å². The van der Waals surface area contributed by atoms with E-state index < -0.39 is 17.2 Å². The van der Waals surface area contributed by atoms with Crippen molar-refractivity contribution in [2.75, 3.05) is 0 Å². The Bertz CT molecular complexity index is 385. The SMILES string of the molecule is CC1CCCC(O)(c2cc(F)cc(F)c2)CC1. The predicted octanol–water partition coefficient (Wildman–Crippen LogP) is 3.75. The van der Waals surface area contributed by atoms with Crippen LogP contribution in [-0.2, 0) is 5.60 Å². The van der Waals surface area contributed by atoms with Gasteiger partial charge in [0.05, 0.1) is 5.60 Å². The standard InChI is InChI=1S/C14H18F2O/c1-10-3-2-5-14(17,6-4-10)11-7-12(15)9-13(16)8-11/h7-10,17H,2-6H2,1H3. The van der Waals surface area contributed by atoms with E-state index >= 15 is 0 Å². The first-order chi connectivity index (χ1) is 7.99. The van der Waals surface area contributed by atoms with E-state index in [2.05, 4.69) is 6.92 Å². The molecule has 1 aromatic rings. The molecule has 1 aliphatic rings. The van der Waals surface area contributed by atoms with Gasteiger partial charge in [0.1, 0.15) is 11.6 Å². The van der Waals surface area contributed by atoms with Gasteiger partial charge in [0.25, 0.3) is 0 Å². The average Bonchev–Trinajstić information content (AvgIpc) is 2.41. The molecule has 1 N–H and O–H groups in total. The van der Waals surface area contributed by atoms with Crippen LogP contribution in [0.25, 0.3) is 0 Å². The van der Waals surface area contributed by atoms with E-state index in [9.17, 15) is 13.9 Å². The molecule has 0 radical (unpaired) electrons. The third kappa shape index (κ3) is 2.83. The van der Waals surface area contributed by atoms with Crippen molar-refractivity contribution in [3.63, 3.8) is 0 Å². The first-order valence-electron chi connectivity index (χ1n) is 6.18. The van der Waals surface area contributed by atoms with E-state index in [0.717, 1.165) is 25.3 Å². The van der Waals surface area contributed by atoms with Crippen molar-refractivity contribution in [2.45, 2.75) is 44.6 Å². The third-order valence-electron chi connectivity index (χ3n) is 3.74. The maximum absolute atomic E-state index is 13.2. The number of aliphatic hydroxyl groups is 1. The molecule has 2 rings (SSSR count). The van der Waals surface area contributed by atoms with E-state index in [1.165, 1.54) is 12.1 Å². The van der Waals surface area contributed by atoms with Crippen molar-refractivity contribution < 1.29 is 13.9 Å². The van der Waals surface area contributed by atoms with E-state index in [0.29, 0.717) is 24.3 Å². The summed E-state index contributed by atoms with van der Waals surface area (Å²) < 4.78 is 26.4. The Kier molecular flexibility index (Phi) is 3.48. The third-order valence-corrected chi connectivity index (χ3v) is 3.74. The molecule has 1 fully saturated rings. The molecule has 0 bridgehead atoms. The summed E-state index contributed by atoms with van der Waals surface area (Å²) in [5.41, 5.74) is -0.683. The molecule has 3 heteroatoms. The van der Waals surface area contributed by atoms with Gasteiger partial charge in [-0.2, -0.15) is 0 Å². The zero-order valence-electron chi connectivity index (χ0n) is 10.0. The van der Waals surface area contributed by atoms with Crippen LogP contribution in [0.3, 0.4) is 0 Å². The van der Waals surface area contributed by atoms with Crippen molar-refractivity contribution in [3.05, 3.63) is 35.4 Å². The van der Waals surface area contributed by atoms with Gasteiger partial charge in [0.15, 0.2) is 0 Å². The maximum atomic E-state index is 13.2. The van der Waals surface area contributed by atoms with Crippen LogP contribution in [0.15, 0.2) is 18.2 Å². The van der Waals surface area contributed by atoms with Gasteiger partial charge in [-0.3, -0.25) is 0 Å². The van der Waals surface area contributed by atoms with Crippen molar-refractivity contribution in [3.8, 4) is 0 Å². The van der Waals surface area contributed by atoms with Crippen molar-refractivity contribution >= 4 is 0 Å². The van der Waals surface area contributed by atoms with Gasteiger partial charge in [-0.05, 0) is 49.3 Å². The Hall–Kier alpha value is -0.960. The van der Waals surface area contributed by atoms with Gasteiger partial charge in [-0.25, -0.2) is 8.78 Å². The highest BCUT2D eigenvalue weighted by Crippen LogP contribution is 2.38. The van der Waals surface area contributed by atoms with E-state index in [1.807, 2.05) is 0 Å². The molecule has 2 atom stereocenters. The molecule has 0 saturated heterocycles. The topological polar surface area (TPSA) is 20.2 Å². The Labute approximate surface area is 100 Å². The molecule has 2 unspecified atom stereocenters. The highest BCUT2D eigenvalue weighted by atomic mass is 19.1. The van der Waals surface area contributed by atoms with Crippen LogP contribution in [0.1, 0.15) is 44.6 Å². The quantitative estimate of drug-likeness (QED) is 0.741. The van der Waals surface area contributed by atoms with Crippen LogP contribution in [0.4, 0.5) is 8.78 Å². The highest BCUT2D eigenvalue weighted by Gasteiger charge is 2.32. The van der Waals surface area contributed by atoms with Crippen LogP contribution >= 0.6 is 0 Å². The molecule has 17 heavy (non-hydrogen) atoms. The van der Waals surface area contributed by atoms with E-state index in [1.54, 1.807) is 0 Å². The second kappa shape index (κ2) is 4.73. The predicted molar refractivity (Wildman–Crippen MR) is 62.5 cm³/mol. The summed E-state index contributed by atoms with van der Waals surface area (Å²) in [6.45, 7) is 2.15. The summed E-state index contributed by atoms with van der Waals surface area (Å²) in [4.78, 5) is 0. The van der Waals surface area contributed by atoms with Gasteiger partial charge in [0, 0.05) is 6.07 Å². The molecule has 0 amide bonds. The zero-order valence-corrected chi connectivity index (χ0v) is 10.0. The second-order valence-electron chi connectivity index (χ2n) is 5.23. The minimum Gasteiger partial charge on any atom is -0.385 e. The second-order valence-corrected chi connectivity index (χ2v) is 5.23. The van der Waals surface area contributed by atoms with Gasteiger partial charge in [0.2, 0.25) is 0 Å². The summed E-state index contributed by atoms with van der Waals surface area (Å²) >= 11 is 0. The zero-order chi connectivity index (χ0) is 12.5. The summed E-state index contributed by atoms with van der Waals surface area (Å²) in [7, 11) is 0. The molecule has 1 aliphatic carbocycles. The largest absolute Gasteiger partial charge is 0.385 e. The maximum Gasteiger partial charge on any atom is 0.126 e. The average molecular weight is 240 g/mol. The van der Waals surface area contributed by atoms with Gasteiger partial charge in [-0.15, -0.1) is 0 Å². The minimum absolute atomic E-state index is 0.379. The Morgan fingerprint density at radius 2 is 1.76 bits per heavy atom. The first kappa shape index (κ1) is 12.5. The lowest BCUT2D eigenvalue weighted by atomic mass is 9.86. The molecule has 0 aliphatic heterocycles. The number of halogens is 2. The lowest BCUT2D eigenvalue weighted by molar-refractivity contribution is 0.0192. The molecule has 1 nitrogen and oxygen atoms in total. The number of hydrogen-bond donors (Lipinski definition) is 1. The van der Waals surface area contributed by atoms with E-state index in [-0.39, 0.29) is 0 Å². The summed E-state index contributed by atoms with van der Waals surface area (Å²) in [5, 5.41) is 10.6. The molecular formula is C14H18F2O. The smallest absolute Gasteiger partial charge is 0.126 e. The lowest BCUT2D eigenvalue weighted by Crippen LogP contribution is -2.25. The number of rotatable bonds is 1. The lowest BCUT2D eigenvalue weighted by Gasteiger charge is -2.27. The number of benzene rings is 1. The van der Waals surface area contributed by atoms with Crippen molar-refractivity contribution in [2.24, 2.45) is 5.92 Å². The van der Waals surface area contributed by atoms with Gasteiger partial charge in [-0.1, -0.05) is 13.3 Å². The Morgan fingerprint density at radius 3 is 2.41 bits per heavy atom. The summed E-state index contributed by atoms with van der Waals surface area (Å²) in [6, 6.07) is 3.34. The molecule has 0 spiro atoms. The van der Waals surface area contributed by atoms with Crippen LogP contribution in [0.5, 0.6) is 0 Å². The van der Waals surface area contributed by atoms with Crippen molar-refractivity contribution in [1.82, 2.24) is 0 Å². The Balaban J connectivity index is 2.29. The van der Waals surface area contributed by atoms with Gasteiger partial charge < -0.3 is 5.11 Å². The van der Waals surface area contributed by atoms with E-state index in [4.69, 9.17) is 0 Å². The Morgan fingerprint density at radius 1 is 1.12 bits per heavy atom. The monoisotopic (exact) mass is 240 g/mol. The molecule has 1 aromatic carbocycles. The molecule has 0 aromatic heterocycles. The van der Waals surface area contributed by atoms with Crippen LogP contribution in [0, 0.1) is 17.6 Å². The summed E-state index contributed by atoms with van der Waals surface area (Å²) in [5.74, 6) is -0.668. The number of hydrogen-bond acceptors (Lipinski definition) is 1. The normalized spacial score (nSPS) is 30.0. The van der Waals surface area contributed by atoms with Crippen LogP contribution in [0.2, 0.25) is 0 Å². The van der Waals surface area contributed by atoms with Crippen LogP contribution in [-0.4, -0.2) is 5.11 Å². The van der Waals surface area contributed by atoms with Crippen LogP contribution < -0.4 is 0 Å². The fourth-order valence-electron chi connectivity index (χ4n) is 2.61. The fraction of sp³-hybridized carbons (Fsp3) is 0.571. The minimum atomic E-state index is -1.06. The summed E-state index contributed by atoms with van der Waals surface area (Å²) in [6.07, 6.45) is 4.03. The van der Waals surface area contributed by atoms with Gasteiger partial charge >= 0.3 is 0 Å². The fourth-order valence-corrected chi connectivity index (χ4v) is 2.61. The molecule has 0 heterocycles. The molecule has 1 saturated carbocycles. The first-order valence-corrected chi connectivity index (χ1v) is 6.18.